The number of nitrogens with one attached hydrogen (secondary N) is 1. The largest absolute Gasteiger partial charge is 0.487 e. The van der Waals surface area contributed by atoms with E-state index in [1.54, 1.807) is 19.0 Å². The van der Waals surface area contributed by atoms with E-state index in [4.69, 9.17) is 4.74 Å². The second-order valence-electron chi connectivity index (χ2n) is 8.43. The number of nitrogens with zero attached hydrogens (tertiary/aromatic N) is 2. The Morgan fingerprint density at radius 3 is 2.59 bits per heavy atom. The highest BCUT2D eigenvalue weighted by Crippen LogP contribution is 2.46. The van der Waals surface area contributed by atoms with Gasteiger partial charge in [0.05, 0.1) is 0 Å². The molecule has 1 atom stereocenters. The molecule has 3 aliphatic rings. The minimum absolute atomic E-state index is 0.0569. The molecule has 1 aromatic carbocycles. The molecule has 146 valence electrons. The summed E-state index contributed by atoms with van der Waals surface area (Å²) < 4.78 is 6.47. The van der Waals surface area contributed by atoms with Crippen LogP contribution in [0.3, 0.4) is 0 Å². The van der Waals surface area contributed by atoms with Crippen molar-refractivity contribution in [2.75, 3.05) is 27.2 Å². The number of likely N-dealkylation sites (tertiary alicyclic amines) is 1. The van der Waals surface area contributed by atoms with E-state index >= 15 is 0 Å². The van der Waals surface area contributed by atoms with Crippen LogP contribution in [0.15, 0.2) is 24.3 Å². The van der Waals surface area contributed by atoms with E-state index in [1.807, 2.05) is 23.1 Å². The highest BCUT2D eigenvalue weighted by atomic mass is 16.5. The van der Waals surface area contributed by atoms with E-state index in [9.17, 15) is 9.59 Å². The maximum atomic E-state index is 12.4. The Kier molecular flexibility index (Phi) is 4.74. The summed E-state index contributed by atoms with van der Waals surface area (Å²) >= 11 is 0. The minimum atomic E-state index is -0.276. The molecule has 1 N–H and O–H groups in total. The maximum Gasteiger partial charge on any atom is 0.319 e. The fraction of sp³-hybridized carbons (Fsp3) is 0.619. The van der Waals surface area contributed by atoms with E-state index in [0.717, 1.165) is 43.4 Å². The molecular weight excluding hydrogens is 342 g/mol. The molecule has 4 rings (SSSR count). The van der Waals surface area contributed by atoms with E-state index in [1.165, 1.54) is 0 Å². The molecule has 3 amide bonds. The second kappa shape index (κ2) is 7.06. The van der Waals surface area contributed by atoms with Crippen molar-refractivity contribution in [2.45, 2.75) is 56.1 Å². The number of piperidine rings is 1. The van der Waals surface area contributed by atoms with Gasteiger partial charge in [0.15, 0.2) is 0 Å². The van der Waals surface area contributed by atoms with Gasteiger partial charge < -0.3 is 19.9 Å². The lowest BCUT2D eigenvalue weighted by atomic mass is 9.76. The monoisotopic (exact) mass is 371 g/mol. The summed E-state index contributed by atoms with van der Waals surface area (Å²) in [5.74, 6) is 1.22. The van der Waals surface area contributed by atoms with Crippen LogP contribution in [0.4, 0.5) is 4.79 Å². The van der Waals surface area contributed by atoms with Gasteiger partial charge >= 0.3 is 6.03 Å². The van der Waals surface area contributed by atoms with Gasteiger partial charge in [0, 0.05) is 58.4 Å². The molecule has 6 nitrogen and oxygen atoms in total. The van der Waals surface area contributed by atoms with Crippen LogP contribution in [0.25, 0.3) is 0 Å². The molecule has 1 spiro atoms. The van der Waals surface area contributed by atoms with Crippen molar-refractivity contribution < 1.29 is 14.3 Å². The van der Waals surface area contributed by atoms with Crippen LogP contribution in [-0.4, -0.2) is 60.6 Å². The Morgan fingerprint density at radius 1 is 1.22 bits per heavy atom. The number of hydrogen-bond acceptors (Lipinski definition) is 3. The lowest BCUT2D eigenvalue weighted by molar-refractivity contribution is -0.122. The van der Waals surface area contributed by atoms with Crippen LogP contribution in [0.5, 0.6) is 5.75 Å². The van der Waals surface area contributed by atoms with Crippen molar-refractivity contribution in [3.63, 3.8) is 0 Å². The van der Waals surface area contributed by atoms with E-state index < -0.39 is 0 Å². The normalized spacial score (nSPS) is 23.3. The van der Waals surface area contributed by atoms with Crippen molar-refractivity contribution in [3.05, 3.63) is 29.8 Å². The lowest BCUT2D eigenvalue weighted by Gasteiger charge is -2.47. The van der Waals surface area contributed by atoms with Gasteiger partial charge in [-0.15, -0.1) is 0 Å². The number of para-hydroxylation sites is 1. The van der Waals surface area contributed by atoms with Gasteiger partial charge in [-0.2, -0.15) is 0 Å². The van der Waals surface area contributed by atoms with Gasteiger partial charge in [-0.1, -0.05) is 18.2 Å². The third kappa shape index (κ3) is 3.89. The fourth-order valence-corrected chi connectivity index (χ4v) is 4.36. The van der Waals surface area contributed by atoms with Gasteiger partial charge in [0.25, 0.3) is 0 Å². The summed E-state index contributed by atoms with van der Waals surface area (Å²) in [6.07, 6.45) is 5.18. The summed E-state index contributed by atoms with van der Waals surface area (Å²) in [6.45, 7) is 1.39. The molecule has 27 heavy (non-hydrogen) atoms. The quantitative estimate of drug-likeness (QED) is 0.889. The van der Waals surface area contributed by atoms with E-state index in [-0.39, 0.29) is 23.5 Å². The first-order chi connectivity index (χ1) is 13.0. The topological polar surface area (TPSA) is 61.9 Å². The molecule has 6 heteroatoms. The molecule has 2 fully saturated rings. The Morgan fingerprint density at radius 2 is 1.93 bits per heavy atom. The molecule has 2 aliphatic heterocycles. The lowest BCUT2D eigenvalue weighted by Crippen LogP contribution is -2.53. The summed E-state index contributed by atoms with van der Waals surface area (Å²) in [6, 6.07) is 8.55. The first-order valence-corrected chi connectivity index (χ1v) is 9.99. The number of carbonyl (C=O) groups excluding carboxylic acids is 2. The first-order valence-electron chi connectivity index (χ1n) is 9.99. The van der Waals surface area contributed by atoms with Crippen LogP contribution in [0, 0.1) is 0 Å². The van der Waals surface area contributed by atoms with Crippen molar-refractivity contribution >= 4 is 11.9 Å². The number of hydrogen-bond donors (Lipinski definition) is 1. The molecule has 1 aromatic rings. The number of urea groups is 1. The Labute approximate surface area is 160 Å². The molecular formula is C21H29N3O3. The maximum absolute atomic E-state index is 12.4. The molecule has 1 aliphatic carbocycles. The molecule has 1 unspecified atom stereocenters. The van der Waals surface area contributed by atoms with Crippen LogP contribution in [0.1, 0.15) is 50.0 Å². The molecule has 0 aromatic heterocycles. The number of carbonyl (C=O) groups is 2. The van der Waals surface area contributed by atoms with Crippen LogP contribution in [-0.2, 0) is 4.79 Å². The number of ether oxygens (including phenoxy) is 1. The smallest absolute Gasteiger partial charge is 0.319 e. The third-order valence-electron chi connectivity index (χ3n) is 6.01. The van der Waals surface area contributed by atoms with Gasteiger partial charge in [-0.3, -0.25) is 4.79 Å². The van der Waals surface area contributed by atoms with Crippen molar-refractivity contribution in [1.82, 2.24) is 15.1 Å². The van der Waals surface area contributed by atoms with Gasteiger partial charge in [0.1, 0.15) is 11.4 Å². The van der Waals surface area contributed by atoms with E-state index in [0.29, 0.717) is 25.6 Å². The second-order valence-corrected chi connectivity index (χ2v) is 8.43. The van der Waals surface area contributed by atoms with E-state index in [2.05, 4.69) is 11.4 Å². The standard InChI is InChI=1S/C21H29N3O3/c1-23(2)20(26)24-11-9-21(10-12-24)14-15(13-19(25)22-16-7-8-16)17-5-3-4-6-18(17)27-21/h3-6,15-16H,7-14H2,1-2H3,(H,22,25). The van der Waals surface area contributed by atoms with Crippen molar-refractivity contribution in [2.24, 2.45) is 0 Å². The highest BCUT2D eigenvalue weighted by Gasteiger charge is 2.44. The van der Waals surface area contributed by atoms with Crippen LogP contribution in [0.2, 0.25) is 0 Å². The summed E-state index contributed by atoms with van der Waals surface area (Å²) in [5.41, 5.74) is 0.864. The predicted molar refractivity (Wildman–Crippen MR) is 103 cm³/mol. The summed E-state index contributed by atoms with van der Waals surface area (Å²) in [5, 5.41) is 3.12. The zero-order valence-corrected chi connectivity index (χ0v) is 16.2. The Balaban J connectivity index is 1.48. The van der Waals surface area contributed by atoms with Crippen LogP contribution < -0.4 is 10.1 Å². The number of benzene rings is 1. The average molecular weight is 371 g/mol. The zero-order valence-electron chi connectivity index (χ0n) is 16.2. The number of amides is 3. The van der Waals surface area contributed by atoms with Crippen molar-refractivity contribution in [3.8, 4) is 5.75 Å². The van der Waals surface area contributed by atoms with Crippen molar-refractivity contribution in [1.29, 1.82) is 0 Å². The number of rotatable bonds is 3. The molecule has 2 heterocycles. The Bertz CT molecular complexity index is 721. The first kappa shape index (κ1) is 18.1. The summed E-state index contributed by atoms with van der Waals surface area (Å²) in [7, 11) is 3.57. The zero-order chi connectivity index (χ0) is 19.0. The van der Waals surface area contributed by atoms with Gasteiger partial charge in [-0.05, 0) is 30.9 Å². The Hall–Kier alpha value is -2.24. The number of fused-ring (bicyclic) bond motifs is 1. The average Bonchev–Trinajstić information content (AvgIpc) is 3.45. The minimum Gasteiger partial charge on any atom is -0.487 e. The van der Waals surface area contributed by atoms with Gasteiger partial charge in [0.2, 0.25) is 5.91 Å². The highest BCUT2D eigenvalue weighted by molar-refractivity contribution is 5.78. The third-order valence-corrected chi connectivity index (χ3v) is 6.01. The fourth-order valence-electron chi connectivity index (χ4n) is 4.36. The molecule has 0 radical (unpaired) electrons. The molecule has 1 saturated heterocycles. The molecule has 1 saturated carbocycles. The SMILES string of the molecule is CN(C)C(=O)N1CCC2(CC1)CC(CC(=O)NC1CC1)c1ccccc1O2. The van der Waals surface area contributed by atoms with Crippen LogP contribution >= 0.6 is 0 Å². The van der Waals surface area contributed by atoms with Gasteiger partial charge in [-0.25, -0.2) is 4.79 Å². The summed E-state index contributed by atoms with van der Waals surface area (Å²) in [4.78, 5) is 28.2. The predicted octanol–water partition coefficient (Wildman–Crippen LogP) is 2.74. The molecule has 0 bridgehead atoms.